The number of Topliss-reactive ketones (excluding diaryl/α,β-unsaturated/α-hetero) is 1. The molecule has 1 aromatic rings. The van der Waals surface area contributed by atoms with Crippen molar-refractivity contribution < 1.29 is 14.3 Å². The number of carbonyl (C=O) groups is 2. The van der Waals surface area contributed by atoms with Gasteiger partial charge in [-0.3, -0.25) is 4.79 Å². The highest BCUT2D eigenvalue weighted by Gasteiger charge is 2.33. The number of benzene rings is 1. The Morgan fingerprint density at radius 2 is 1.86 bits per heavy atom. The molecule has 1 aliphatic carbocycles. The number of carbonyl (C=O) groups excluding carboxylic acids is 2. The standard InChI is InChI=1S/C18H25NO3/c1-14(2)22-17-5-3-15(4-6-17)19-12-11-18(13-20)9-7-16(21)8-10-18/h3-6,13-14,19H,7-12H2,1-2H3. The first-order valence-corrected chi connectivity index (χ1v) is 8.02. The second-order valence-corrected chi connectivity index (χ2v) is 6.39. The summed E-state index contributed by atoms with van der Waals surface area (Å²) in [6.45, 7) is 4.73. The molecule has 1 aliphatic rings. The monoisotopic (exact) mass is 303 g/mol. The first-order valence-electron chi connectivity index (χ1n) is 8.02. The van der Waals surface area contributed by atoms with E-state index in [1.54, 1.807) is 0 Å². The van der Waals surface area contributed by atoms with E-state index in [-0.39, 0.29) is 17.3 Å². The Morgan fingerprint density at radius 1 is 1.23 bits per heavy atom. The molecule has 2 rings (SSSR count). The Kier molecular flexibility index (Phi) is 5.58. The van der Waals surface area contributed by atoms with Crippen molar-refractivity contribution in [1.82, 2.24) is 0 Å². The molecule has 4 nitrogen and oxygen atoms in total. The lowest BCUT2D eigenvalue weighted by Crippen LogP contribution is -2.31. The zero-order chi connectivity index (χ0) is 16.0. The molecule has 0 radical (unpaired) electrons. The molecule has 0 aliphatic heterocycles. The van der Waals surface area contributed by atoms with Crippen LogP contribution >= 0.6 is 0 Å². The van der Waals surface area contributed by atoms with Gasteiger partial charge < -0.3 is 14.8 Å². The number of nitrogens with one attached hydrogen (secondary N) is 1. The summed E-state index contributed by atoms with van der Waals surface area (Å²) >= 11 is 0. The number of hydrogen-bond donors (Lipinski definition) is 1. The number of ketones is 1. The smallest absolute Gasteiger partial charge is 0.132 e. The van der Waals surface area contributed by atoms with Gasteiger partial charge in [-0.25, -0.2) is 0 Å². The fourth-order valence-electron chi connectivity index (χ4n) is 2.83. The minimum atomic E-state index is -0.318. The fraction of sp³-hybridized carbons (Fsp3) is 0.556. The molecule has 0 amide bonds. The third kappa shape index (κ3) is 4.58. The van der Waals surface area contributed by atoms with Gasteiger partial charge in [-0.05, 0) is 57.4 Å². The molecular formula is C18H25NO3. The highest BCUT2D eigenvalue weighted by atomic mass is 16.5. The Hall–Kier alpha value is -1.84. The van der Waals surface area contributed by atoms with Gasteiger partial charge in [0.1, 0.15) is 17.8 Å². The van der Waals surface area contributed by atoms with Crippen molar-refractivity contribution >= 4 is 17.8 Å². The van der Waals surface area contributed by atoms with E-state index >= 15 is 0 Å². The molecule has 0 atom stereocenters. The SMILES string of the molecule is CC(C)Oc1ccc(NCCC2(C=O)CCC(=O)CC2)cc1. The van der Waals surface area contributed by atoms with Crippen LogP contribution in [0, 0.1) is 5.41 Å². The van der Waals surface area contributed by atoms with E-state index in [9.17, 15) is 9.59 Å². The molecule has 1 N–H and O–H groups in total. The quantitative estimate of drug-likeness (QED) is 0.782. The highest BCUT2D eigenvalue weighted by Crippen LogP contribution is 2.36. The van der Waals surface area contributed by atoms with Crippen LogP contribution in [0.15, 0.2) is 24.3 Å². The minimum Gasteiger partial charge on any atom is -0.491 e. The summed E-state index contributed by atoms with van der Waals surface area (Å²) in [4.78, 5) is 22.7. The van der Waals surface area contributed by atoms with Crippen LogP contribution in [-0.2, 0) is 9.59 Å². The third-order valence-corrected chi connectivity index (χ3v) is 4.23. The Morgan fingerprint density at radius 3 is 2.41 bits per heavy atom. The van der Waals surface area contributed by atoms with Crippen LogP contribution in [0.4, 0.5) is 5.69 Å². The zero-order valence-electron chi connectivity index (χ0n) is 13.4. The second-order valence-electron chi connectivity index (χ2n) is 6.39. The van der Waals surface area contributed by atoms with E-state index in [1.165, 1.54) is 0 Å². The van der Waals surface area contributed by atoms with Crippen molar-refractivity contribution in [2.24, 2.45) is 5.41 Å². The Bertz CT molecular complexity index is 498. The number of hydrogen-bond acceptors (Lipinski definition) is 4. The maximum absolute atomic E-state index is 11.4. The van der Waals surface area contributed by atoms with Crippen molar-refractivity contribution in [2.45, 2.75) is 52.1 Å². The predicted molar refractivity (Wildman–Crippen MR) is 87.3 cm³/mol. The molecule has 1 fully saturated rings. The van der Waals surface area contributed by atoms with Crippen LogP contribution in [0.5, 0.6) is 5.75 Å². The van der Waals surface area contributed by atoms with Gasteiger partial charge in [-0.2, -0.15) is 0 Å². The minimum absolute atomic E-state index is 0.167. The summed E-state index contributed by atoms with van der Waals surface area (Å²) in [5.41, 5.74) is 0.700. The van der Waals surface area contributed by atoms with Crippen molar-refractivity contribution in [3.8, 4) is 5.75 Å². The van der Waals surface area contributed by atoms with Crippen molar-refractivity contribution in [3.63, 3.8) is 0 Å². The lowest BCUT2D eigenvalue weighted by atomic mass is 9.72. The number of rotatable bonds is 7. The first-order chi connectivity index (χ1) is 10.5. The van der Waals surface area contributed by atoms with Gasteiger partial charge in [0.05, 0.1) is 6.10 Å². The third-order valence-electron chi connectivity index (χ3n) is 4.23. The topological polar surface area (TPSA) is 55.4 Å². The number of ether oxygens (including phenoxy) is 1. The molecule has 120 valence electrons. The average molecular weight is 303 g/mol. The molecule has 1 aromatic carbocycles. The Labute approximate surface area is 132 Å². The van der Waals surface area contributed by atoms with Gasteiger partial charge >= 0.3 is 0 Å². The van der Waals surface area contributed by atoms with Crippen LogP contribution in [0.25, 0.3) is 0 Å². The van der Waals surface area contributed by atoms with Crippen molar-refractivity contribution in [1.29, 1.82) is 0 Å². The number of anilines is 1. The van der Waals surface area contributed by atoms with E-state index in [4.69, 9.17) is 4.74 Å². The van der Waals surface area contributed by atoms with E-state index in [1.807, 2.05) is 38.1 Å². The van der Waals surface area contributed by atoms with E-state index in [2.05, 4.69) is 5.32 Å². The molecular weight excluding hydrogens is 278 g/mol. The van der Waals surface area contributed by atoms with E-state index in [0.717, 1.165) is 30.7 Å². The molecule has 4 heteroatoms. The van der Waals surface area contributed by atoms with Crippen LogP contribution < -0.4 is 10.1 Å². The van der Waals surface area contributed by atoms with Gasteiger partial charge in [-0.1, -0.05) is 0 Å². The van der Waals surface area contributed by atoms with Gasteiger partial charge in [0, 0.05) is 30.5 Å². The summed E-state index contributed by atoms with van der Waals surface area (Å²) < 4.78 is 5.61. The second kappa shape index (κ2) is 7.43. The lowest BCUT2D eigenvalue weighted by molar-refractivity contribution is -0.126. The van der Waals surface area contributed by atoms with E-state index in [0.29, 0.717) is 25.7 Å². The number of aldehydes is 1. The molecule has 1 saturated carbocycles. The van der Waals surface area contributed by atoms with Gasteiger partial charge in [0.15, 0.2) is 0 Å². The van der Waals surface area contributed by atoms with Crippen molar-refractivity contribution in [3.05, 3.63) is 24.3 Å². The normalized spacial score (nSPS) is 17.3. The fourth-order valence-corrected chi connectivity index (χ4v) is 2.83. The van der Waals surface area contributed by atoms with Crippen molar-refractivity contribution in [2.75, 3.05) is 11.9 Å². The van der Waals surface area contributed by atoms with Gasteiger partial charge in [0.25, 0.3) is 0 Å². The largest absolute Gasteiger partial charge is 0.491 e. The van der Waals surface area contributed by atoms with Crippen LogP contribution in [-0.4, -0.2) is 24.7 Å². The maximum atomic E-state index is 11.4. The molecule has 0 unspecified atom stereocenters. The van der Waals surface area contributed by atoms with Crippen LogP contribution in [0.2, 0.25) is 0 Å². The van der Waals surface area contributed by atoms with Crippen LogP contribution in [0.3, 0.4) is 0 Å². The Balaban J connectivity index is 1.82. The van der Waals surface area contributed by atoms with Gasteiger partial charge in [0.2, 0.25) is 0 Å². The summed E-state index contributed by atoms with van der Waals surface area (Å²) in [5.74, 6) is 1.14. The molecule has 0 spiro atoms. The maximum Gasteiger partial charge on any atom is 0.132 e. The highest BCUT2D eigenvalue weighted by molar-refractivity contribution is 5.81. The van der Waals surface area contributed by atoms with Crippen LogP contribution in [0.1, 0.15) is 46.0 Å². The lowest BCUT2D eigenvalue weighted by Gasteiger charge is -2.31. The molecule has 22 heavy (non-hydrogen) atoms. The van der Waals surface area contributed by atoms with Gasteiger partial charge in [-0.15, -0.1) is 0 Å². The zero-order valence-corrected chi connectivity index (χ0v) is 13.4. The molecule has 0 aromatic heterocycles. The average Bonchev–Trinajstić information content (AvgIpc) is 2.51. The summed E-state index contributed by atoms with van der Waals surface area (Å²) in [6.07, 6.45) is 4.46. The molecule has 0 saturated heterocycles. The summed E-state index contributed by atoms with van der Waals surface area (Å²) in [7, 11) is 0. The molecule has 0 heterocycles. The van der Waals surface area contributed by atoms with E-state index < -0.39 is 0 Å². The summed E-state index contributed by atoms with van der Waals surface area (Å²) in [6, 6.07) is 7.85. The predicted octanol–water partition coefficient (Wildman–Crippen LogP) is 3.60. The molecule has 0 bridgehead atoms. The summed E-state index contributed by atoms with van der Waals surface area (Å²) in [5, 5.41) is 3.34. The first kappa shape index (κ1) is 16.5.